The second-order valence-electron chi connectivity index (χ2n) is 6.90. The fourth-order valence-corrected chi connectivity index (χ4v) is 3.13. The van der Waals surface area contributed by atoms with Crippen molar-refractivity contribution in [1.82, 2.24) is 10.2 Å². The second kappa shape index (κ2) is 12.4. The number of nitrogens with zero attached hydrogens (tertiary/aromatic N) is 1. The maximum atomic E-state index is 12.5. The Kier molecular flexibility index (Phi) is 9.55. The predicted octanol–water partition coefficient (Wildman–Crippen LogP) is 3.72. The second-order valence-corrected chi connectivity index (χ2v) is 6.90. The van der Waals surface area contributed by atoms with E-state index in [9.17, 15) is 14.4 Å². The van der Waals surface area contributed by atoms with Crippen molar-refractivity contribution in [2.24, 2.45) is 0 Å². The van der Waals surface area contributed by atoms with E-state index in [0.29, 0.717) is 55.2 Å². The highest BCUT2D eigenvalue weighted by Crippen LogP contribution is 2.17. The number of carbonyl (C=O) groups is 3. The van der Waals surface area contributed by atoms with E-state index < -0.39 is 0 Å². The molecule has 0 atom stereocenters. The maximum absolute atomic E-state index is 12.5. The molecule has 0 aliphatic rings. The molecule has 7 nitrogen and oxygen atoms in total. The lowest BCUT2D eigenvalue weighted by Crippen LogP contribution is -2.30. The van der Waals surface area contributed by atoms with Crippen LogP contribution in [0.1, 0.15) is 54.3 Å². The molecule has 0 aliphatic carbocycles. The number of rotatable bonds is 11. The number of anilines is 1. The van der Waals surface area contributed by atoms with Crippen LogP contribution in [0.25, 0.3) is 0 Å². The van der Waals surface area contributed by atoms with Crippen LogP contribution in [0.5, 0.6) is 5.75 Å². The molecular formula is C24H31N3O4. The molecule has 2 rings (SSSR count). The molecule has 0 aromatic heterocycles. The van der Waals surface area contributed by atoms with E-state index in [0.717, 1.165) is 0 Å². The van der Waals surface area contributed by atoms with E-state index in [1.54, 1.807) is 47.4 Å². The zero-order valence-electron chi connectivity index (χ0n) is 18.4. The van der Waals surface area contributed by atoms with E-state index in [4.69, 9.17) is 4.74 Å². The summed E-state index contributed by atoms with van der Waals surface area (Å²) < 4.78 is 5.47. The zero-order chi connectivity index (χ0) is 22.6. The molecule has 2 aromatic rings. The molecule has 2 aromatic carbocycles. The lowest BCUT2D eigenvalue weighted by Gasteiger charge is -2.19. The summed E-state index contributed by atoms with van der Waals surface area (Å²) in [6.45, 7) is 7.84. The van der Waals surface area contributed by atoms with Crippen LogP contribution < -0.4 is 15.4 Å². The summed E-state index contributed by atoms with van der Waals surface area (Å²) in [6, 6.07) is 14.0. The molecule has 2 N–H and O–H groups in total. The number of hydrogen-bond acceptors (Lipinski definition) is 4. The monoisotopic (exact) mass is 425 g/mol. The molecule has 7 heteroatoms. The minimum atomic E-state index is -0.230. The first kappa shape index (κ1) is 23.9. The van der Waals surface area contributed by atoms with Crippen LogP contribution >= 0.6 is 0 Å². The normalized spacial score (nSPS) is 10.3. The number of para-hydroxylation sites is 1. The van der Waals surface area contributed by atoms with Crippen LogP contribution in [0.4, 0.5) is 5.69 Å². The average molecular weight is 426 g/mol. The SMILES string of the molecule is CCOc1ccccc1C(=O)NCCCC(=O)Nc1cccc(C(=O)N(CC)CC)c1. The Morgan fingerprint density at radius 2 is 1.71 bits per heavy atom. The molecule has 0 aliphatic heterocycles. The standard InChI is InChI=1S/C24H31N3O4/c1-4-27(5-2)24(30)18-11-9-12-19(17-18)26-22(28)15-10-16-25-23(29)20-13-7-8-14-21(20)31-6-3/h7-9,11-14,17H,4-6,10,15-16H2,1-3H3,(H,25,29)(H,26,28). The first-order valence-corrected chi connectivity index (χ1v) is 10.7. The molecule has 3 amide bonds. The zero-order valence-corrected chi connectivity index (χ0v) is 18.4. The van der Waals surface area contributed by atoms with Gasteiger partial charge in [0, 0.05) is 37.3 Å². The molecular weight excluding hydrogens is 394 g/mol. The molecule has 0 fully saturated rings. The minimum Gasteiger partial charge on any atom is -0.493 e. The number of ether oxygens (including phenoxy) is 1. The Morgan fingerprint density at radius 3 is 2.42 bits per heavy atom. The van der Waals surface area contributed by atoms with Gasteiger partial charge in [0.1, 0.15) is 5.75 Å². The molecule has 0 saturated heterocycles. The number of amides is 3. The summed E-state index contributed by atoms with van der Waals surface area (Å²) >= 11 is 0. The first-order valence-electron chi connectivity index (χ1n) is 10.7. The third-order valence-electron chi connectivity index (χ3n) is 4.74. The van der Waals surface area contributed by atoms with Crippen LogP contribution in [0.3, 0.4) is 0 Å². The highest BCUT2D eigenvalue weighted by molar-refractivity contribution is 5.98. The van der Waals surface area contributed by atoms with Gasteiger partial charge >= 0.3 is 0 Å². The molecule has 0 unspecified atom stereocenters. The van der Waals surface area contributed by atoms with Gasteiger partial charge in [-0.2, -0.15) is 0 Å². The van der Waals surface area contributed by atoms with E-state index in [2.05, 4.69) is 10.6 Å². The topological polar surface area (TPSA) is 87.7 Å². The Balaban J connectivity index is 1.82. The summed E-state index contributed by atoms with van der Waals surface area (Å²) in [5.74, 6) is 0.0824. The van der Waals surface area contributed by atoms with E-state index in [1.165, 1.54) is 0 Å². The number of carbonyl (C=O) groups excluding carboxylic acids is 3. The number of benzene rings is 2. The van der Waals surface area contributed by atoms with E-state index in [1.807, 2.05) is 26.8 Å². The molecule has 0 spiro atoms. The van der Waals surface area contributed by atoms with Crippen LogP contribution in [-0.4, -0.2) is 48.9 Å². The molecule has 166 valence electrons. The van der Waals surface area contributed by atoms with Crippen molar-refractivity contribution in [3.8, 4) is 5.75 Å². The van der Waals surface area contributed by atoms with Crippen molar-refractivity contribution in [3.05, 3.63) is 59.7 Å². The molecule has 31 heavy (non-hydrogen) atoms. The quantitative estimate of drug-likeness (QED) is 0.537. The highest BCUT2D eigenvalue weighted by Gasteiger charge is 2.14. The van der Waals surface area contributed by atoms with Crippen LogP contribution in [0.2, 0.25) is 0 Å². The Labute approximate surface area is 183 Å². The fourth-order valence-electron chi connectivity index (χ4n) is 3.13. The van der Waals surface area contributed by atoms with Crippen LogP contribution in [-0.2, 0) is 4.79 Å². The van der Waals surface area contributed by atoms with Gasteiger partial charge in [0.05, 0.1) is 12.2 Å². The van der Waals surface area contributed by atoms with Crippen molar-refractivity contribution in [3.63, 3.8) is 0 Å². The first-order chi connectivity index (χ1) is 15.0. The summed E-state index contributed by atoms with van der Waals surface area (Å²) in [4.78, 5) is 38.8. The number of nitrogens with one attached hydrogen (secondary N) is 2. The predicted molar refractivity (Wildman–Crippen MR) is 122 cm³/mol. The molecule has 0 bridgehead atoms. The lowest BCUT2D eigenvalue weighted by molar-refractivity contribution is -0.116. The maximum Gasteiger partial charge on any atom is 0.255 e. The van der Waals surface area contributed by atoms with Crippen molar-refractivity contribution >= 4 is 23.4 Å². The van der Waals surface area contributed by atoms with Gasteiger partial charge in [0.2, 0.25) is 5.91 Å². The molecule has 0 heterocycles. The van der Waals surface area contributed by atoms with Crippen molar-refractivity contribution < 1.29 is 19.1 Å². The lowest BCUT2D eigenvalue weighted by atomic mass is 10.1. The van der Waals surface area contributed by atoms with Gasteiger partial charge < -0.3 is 20.3 Å². The third-order valence-corrected chi connectivity index (χ3v) is 4.74. The molecule has 0 radical (unpaired) electrons. The van der Waals surface area contributed by atoms with E-state index in [-0.39, 0.29) is 24.1 Å². The third kappa shape index (κ3) is 7.13. The van der Waals surface area contributed by atoms with Gasteiger partial charge in [-0.05, 0) is 57.5 Å². The van der Waals surface area contributed by atoms with Crippen molar-refractivity contribution in [1.29, 1.82) is 0 Å². The van der Waals surface area contributed by atoms with Gasteiger partial charge in [-0.25, -0.2) is 0 Å². The Bertz CT molecular complexity index is 894. The van der Waals surface area contributed by atoms with E-state index >= 15 is 0 Å². The van der Waals surface area contributed by atoms with Crippen molar-refractivity contribution in [2.45, 2.75) is 33.6 Å². The van der Waals surface area contributed by atoms with Gasteiger partial charge in [-0.15, -0.1) is 0 Å². The fraction of sp³-hybridized carbons (Fsp3) is 0.375. The Hall–Kier alpha value is -3.35. The smallest absolute Gasteiger partial charge is 0.255 e. The van der Waals surface area contributed by atoms with Crippen LogP contribution in [0, 0.1) is 0 Å². The summed E-state index contributed by atoms with van der Waals surface area (Å²) in [5, 5.41) is 5.63. The van der Waals surface area contributed by atoms with Gasteiger partial charge in [-0.3, -0.25) is 14.4 Å². The average Bonchev–Trinajstić information content (AvgIpc) is 2.78. The van der Waals surface area contributed by atoms with Crippen LogP contribution in [0.15, 0.2) is 48.5 Å². The minimum absolute atomic E-state index is 0.0591. The largest absolute Gasteiger partial charge is 0.493 e. The number of hydrogen-bond donors (Lipinski definition) is 2. The molecule has 0 saturated carbocycles. The van der Waals surface area contributed by atoms with Gasteiger partial charge in [-0.1, -0.05) is 18.2 Å². The van der Waals surface area contributed by atoms with Crippen molar-refractivity contribution in [2.75, 3.05) is 31.6 Å². The summed E-state index contributed by atoms with van der Waals surface area (Å²) in [7, 11) is 0. The highest BCUT2D eigenvalue weighted by atomic mass is 16.5. The van der Waals surface area contributed by atoms with Gasteiger partial charge in [0.15, 0.2) is 0 Å². The summed E-state index contributed by atoms with van der Waals surface area (Å²) in [5.41, 5.74) is 1.60. The summed E-state index contributed by atoms with van der Waals surface area (Å²) in [6.07, 6.45) is 0.744. The van der Waals surface area contributed by atoms with Gasteiger partial charge in [0.25, 0.3) is 11.8 Å². The Morgan fingerprint density at radius 1 is 0.968 bits per heavy atom.